The van der Waals surface area contributed by atoms with E-state index >= 15 is 0 Å². The average molecular weight is 362 g/mol. The molecule has 1 aliphatic heterocycles. The number of likely N-dealkylation sites (tertiary alicyclic amines) is 1. The van der Waals surface area contributed by atoms with Crippen LogP contribution in [0.4, 0.5) is 0 Å². The van der Waals surface area contributed by atoms with Gasteiger partial charge in [0.05, 0.1) is 12.3 Å². The van der Waals surface area contributed by atoms with E-state index in [1.807, 2.05) is 54.6 Å². The molecular formula is C20H18N4O3. The van der Waals surface area contributed by atoms with Crippen molar-refractivity contribution in [2.45, 2.75) is 12.5 Å². The van der Waals surface area contributed by atoms with Gasteiger partial charge < -0.3 is 14.2 Å². The predicted molar refractivity (Wildman–Crippen MR) is 99.0 cm³/mol. The first kappa shape index (κ1) is 17.0. The van der Waals surface area contributed by atoms with E-state index in [0.29, 0.717) is 24.4 Å². The van der Waals surface area contributed by atoms with Crippen molar-refractivity contribution in [1.29, 1.82) is 0 Å². The number of aromatic nitrogens is 2. The molecule has 1 aromatic heterocycles. The molecule has 0 aliphatic carbocycles. The second-order valence-electron chi connectivity index (χ2n) is 6.21. The Hall–Kier alpha value is -3.48. The molecular weight excluding hydrogens is 344 g/mol. The van der Waals surface area contributed by atoms with Crippen LogP contribution in [0.1, 0.15) is 28.7 Å². The quantitative estimate of drug-likeness (QED) is 0.665. The molecule has 0 spiro atoms. The van der Waals surface area contributed by atoms with Crippen LogP contribution in [-0.2, 0) is 4.84 Å². The second kappa shape index (κ2) is 7.41. The number of carbonyl (C=O) groups excluding carboxylic acids is 1. The number of oxime groups is 1. The lowest BCUT2D eigenvalue weighted by atomic mass is 10.0. The molecule has 2 heterocycles. The number of rotatable bonds is 4. The summed E-state index contributed by atoms with van der Waals surface area (Å²) >= 11 is 0. The smallest absolute Gasteiger partial charge is 0.254 e. The van der Waals surface area contributed by atoms with Gasteiger partial charge in [-0.3, -0.25) is 4.79 Å². The van der Waals surface area contributed by atoms with E-state index < -0.39 is 0 Å². The van der Waals surface area contributed by atoms with Crippen LogP contribution in [0, 0.1) is 0 Å². The molecule has 1 saturated heterocycles. The molecule has 7 nitrogen and oxygen atoms in total. The number of carbonyl (C=O) groups is 1. The molecule has 27 heavy (non-hydrogen) atoms. The lowest BCUT2D eigenvalue weighted by Gasteiger charge is -2.21. The maximum absolute atomic E-state index is 13.1. The molecule has 1 amide bonds. The SMILES string of the molecule is CON=C1C[C@@H](c2nnco2)N(C(=O)c2ccc(-c3ccccc3)cc2)C1. The van der Waals surface area contributed by atoms with Gasteiger partial charge in [0.2, 0.25) is 12.3 Å². The fourth-order valence-electron chi connectivity index (χ4n) is 3.26. The maximum Gasteiger partial charge on any atom is 0.254 e. The van der Waals surface area contributed by atoms with Gasteiger partial charge in [0, 0.05) is 12.0 Å². The first-order valence-corrected chi connectivity index (χ1v) is 8.57. The zero-order chi connectivity index (χ0) is 18.6. The third-order valence-corrected chi connectivity index (χ3v) is 4.54. The van der Waals surface area contributed by atoms with Crippen LogP contribution in [0.15, 0.2) is 70.6 Å². The Morgan fingerprint density at radius 2 is 1.89 bits per heavy atom. The van der Waals surface area contributed by atoms with Crippen molar-refractivity contribution in [1.82, 2.24) is 15.1 Å². The van der Waals surface area contributed by atoms with Crippen LogP contribution in [0.3, 0.4) is 0 Å². The minimum atomic E-state index is -0.345. The molecule has 1 atom stereocenters. The highest BCUT2D eigenvalue weighted by Crippen LogP contribution is 2.31. The van der Waals surface area contributed by atoms with Crippen molar-refractivity contribution in [3.63, 3.8) is 0 Å². The van der Waals surface area contributed by atoms with Crippen molar-refractivity contribution in [2.75, 3.05) is 13.7 Å². The number of hydrogen-bond acceptors (Lipinski definition) is 6. The van der Waals surface area contributed by atoms with Crippen molar-refractivity contribution in [2.24, 2.45) is 5.16 Å². The first-order valence-electron chi connectivity index (χ1n) is 8.57. The third kappa shape index (κ3) is 3.44. The summed E-state index contributed by atoms with van der Waals surface area (Å²) in [7, 11) is 1.49. The summed E-state index contributed by atoms with van der Waals surface area (Å²) < 4.78 is 5.33. The Morgan fingerprint density at radius 3 is 2.56 bits per heavy atom. The van der Waals surface area contributed by atoms with Gasteiger partial charge in [-0.2, -0.15) is 0 Å². The van der Waals surface area contributed by atoms with Crippen LogP contribution in [0.25, 0.3) is 11.1 Å². The van der Waals surface area contributed by atoms with E-state index in [4.69, 9.17) is 9.25 Å². The molecule has 0 N–H and O–H groups in total. The molecule has 4 rings (SSSR count). The molecule has 7 heteroatoms. The van der Waals surface area contributed by atoms with Crippen LogP contribution < -0.4 is 0 Å². The molecule has 3 aromatic rings. The molecule has 2 aromatic carbocycles. The van der Waals surface area contributed by atoms with Crippen LogP contribution >= 0.6 is 0 Å². The van der Waals surface area contributed by atoms with Crippen LogP contribution in [-0.4, -0.2) is 40.4 Å². The fraction of sp³-hybridized carbons (Fsp3) is 0.200. The number of benzene rings is 2. The van der Waals surface area contributed by atoms with Gasteiger partial charge >= 0.3 is 0 Å². The van der Waals surface area contributed by atoms with Crippen molar-refractivity contribution < 1.29 is 14.0 Å². The summed E-state index contributed by atoms with van der Waals surface area (Å²) in [4.78, 5) is 19.6. The minimum Gasteiger partial charge on any atom is -0.426 e. The summed E-state index contributed by atoms with van der Waals surface area (Å²) in [6, 6.07) is 17.3. The number of hydrogen-bond donors (Lipinski definition) is 0. The predicted octanol–water partition coefficient (Wildman–Crippen LogP) is 3.33. The standard InChI is InChI=1S/C20H18N4O3/c1-26-23-17-11-18(19-22-21-13-27-19)24(12-17)20(25)16-9-7-15(8-10-16)14-5-3-2-4-6-14/h2-10,13,18H,11-12H2,1H3/t18-/m0/s1. The molecule has 0 bridgehead atoms. The molecule has 1 aliphatic rings. The Kier molecular flexibility index (Phi) is 4.65. The molecule has 0 unspecified atom stereocenters. The Morgan fingerprint density at radius 1 is 1.15 bits per heavy atom. The van der Waals surface area contributed by atoms with Gasteiger partial charge in [-0.1, -0.05) is 47.6 Å². The van der Waals surface area contributed by atoms with Crippen LogP contribution in [0.2, 0.25) is 0 Å². The largest absolute Gasteiger partial charge is 0.426 e. The lowest BCUT2D eigenvalue weighted by molar-refractivity contribution is 0.0719. The van der Waals surface area contributed by atoms with E-state index in [0.717, 1.165) is 16.8 Å². The van der Waals surface area contributed by atoms with E-state index in [-0.39, 0.29) is 11.9 Å². The maximum atomic E-state index is 13.1. The van der Waals surface area contributed by atoms with E-state index in [2.05, 4.69) is 15.4 Å². The zero-order valence-corrected chi connectivity index (χ0v) is 14.8. The highest BCUT2D eigenvalue weighted by atomic mass is 16.6. The van der Waals surface area contributed by atoms with Gasteiger partial charge in [0.25, 0.3) is 5.91 Å². The van der Waals surface area contributed by atoms with Gasteiger partial charge in [-0.15, -0.1) is 10.2 Å². The van der Waals surface area contributed by atoms with Gasteiger partial charge in [0.1, 0.15) is 13.2 Å². The summed E-state index contributed by atoms with van der Waals surface area (Å²) in [6.07, 6.45) is 1.77. The topological polar surface area (TPSA) is 80.8 Å². The Labute approximate surface area is 156 Å². The fourth-order valence-corrected chi connectivity index (χ4v) is 3.26. The zero-order valence-electron chi connectivity index (χ0n) is 14.8. The van der Waals surface area contributed by atoms with E-state index in [1.165, 1.54) is 13.5 Å². The molecule has 0 radical (unpaired) electrons. The summed E-state index contributed by atoms with van der Waals surface area (Å²) in [5.74, 6) is 0.282. The summed E-state index contributed by atoms with van der Waals surface area (Å²) in [5, 5.41) is 11.7. The van der Waals surface area contributed by atoms with Crippen LogP contribution in [0.5, 0.6) is 0 Å². The molecule has 136 valence electrons. The Balaban J connectivity index is 1.59. The van der Waals surface area contributed by atoms with Crippen molar-refractivity contribution in [3.05, 3.63) is 72.4 Å². The third-order valence-electron chi connectivity index (χ3n) is 4.54. The number of amides is 1. The van der Waals surface area contributed by atoms with E-state index in [1.54, 1.807) is 4.90 Å². The highest BCUT2D eigenvalue weighted by molar-refractivity contribution is 6.00. The second-order valence-corrected chi connectivity index (χ2v) is 6.21. The monoisotopic (exact) mass is 362 g/mol. The summed E-state index contributed by atoms with van der Waals surface area (Å²) in [6.45, 7) is 0.361. The van der Waals surface area contributed by atoms with Crippen molar-refractivity contribution in [3.8, 4) is 11.1 Å². The average Bonchev–Trinajstić information content (AvgIpc) is 3.38. The van der Waals surface area contributed by atoms with Crippen molar-refractivity contribution >= 4 is 11.6 Å². The summed E-state index contributed by atoms with van der Waals surface area (Å²) in [5.41, 5.74) is 3.52. The number of nitrogens with zero attached hydrogens (tertiary/aromatic N) is 4. The minimum absolute atomic E-state index is 0.112. The van der Waals surface area contributed by atoms with Gasteiger partial charge in [-0.25, -0.2) is 0 Å². The molecule has 0 saturated carbocycles. The normalized spacial score (nSPS) is 18.0. The Bertz CT molecular complexity index is 937. The lowest BCUT2D eigenvalue weighted by Crippen LogP contribution is -2.31. The van der Waals surface area contributed by atoms with E-state index in [9.17, 15) is 4.79 Å². The molecule has 1 fully saturated rings. The highest BCUT2D eigenvalue weighted by Gasteiger charge is 2.37. The van der Waals surface area contributed by atoms with Gasteiger partial charge in [-0.05, 0) is 23.3 Å². The van der Waals surface area contributed by atoms with Gasteiger partial charge in [0.15, 0.2) is 0 Å². The first-order chi connectivity index (χ1) is 13.3.